The van der Waals surface area contributed by atoms with Gasteiger partial charge in [-0.2, -0.15) is 0 Å². The van der Waals surface area contributed by atoms with Gasteiger partial charge in [-0.15, -0.1) is 0 Å². The van der Waals surface area contributed by atoms with E-state index >= 15 is 0 Å². The molecule has 0 atom stereocenters. The van der Waals surface area contributed by atoms with Crippen molar-refractivity contribution in [3.05, 3.63) is 28.5 Å². The second-order valence-corrected chi connectivity index (χ2v) is 6.19. The van der Waals surface area contributed by atoms with E-state index < -0.39 is 0 Å². The number of aromatic nitrogens is 1. The molecule has 1 amide bonds. The van der Waals surface area contributed by atoms with E-state index in [1.165, 1.54) is 0 Å². The second-order valence-electron chi connectivity index (χ2n) is 5.33. The van der Waals surface area contributed by atoms with Gasteiger partial charge in [0.1, 0.15) is 5.69 Å². The number of hydrogen-bond donors (Lipinski definition) is 0. The number of rotatable bonds is 5. The van der Waals surface area contributed by atoms with Crippen LogP contribution in [0.3, 0.4) is 0 Å². The van der Waals surface area contributed by atoms with E-state index in [4.69, 9.17) is 0 Å². The predicted octanol–water partition coefficient (Wildman–Crippen LogP) is 3.60. The van der Waals surface area contributed by atoms with Crippen molar-refractivity contribution in [2.45, 2.75) is 27.7 Å². The standard InChI is InChI=1S/C14H21BrN2O/c1-10(2)8-17(9-11(3)4)14(18)13-12(15)6-5-7-16-13/h5-7,10-11H,8-9H2,1-4H3. The summed E-state index contributed by atoms with van der Waals surface area (Å²) in [6, 6.07) is 3.67. The molecule has 0 spiro atoms. The fourth-order valence-corrected chi connectivity index (χ4v) is 2.24. The zero-order valence-corrected chi connectivity index (χ0v) is 13.1. The summed E-state index contributed by atoms with van der Waals surface area (Å²) in [6.07, 6.45) is 1.65. The van der Waals surface area contributed by atoms with E-state index in [2.05, 4.69) is 48.6 Å². The lowest BCUT2D eigenvalue weighted by Crippen LogP contribution is -2.37. The molecule has 1 rings (SSSR count). The number of amides is 1. The summed E-state index contributed by atoms with van der Waals surface area (Å²) in [5, 5.41) is 0. The smallest absolute Gasteiger partial charge is 0.273 e. The Morgan fingerprint density at radius 2 is 1.83 bits per heavy atom. The van der Waals surface area contributed by atoms with Gasteiger partial charge in [0.05, 0.1) is 0 Å². The maximum absolute atomic E-state index is 12.5. The summed E-state index contributed by atoms with van der Waals surface area (Å²) in [7, 11) is 0. The van der Waals surface area contributed by atoms with Gasteiger partial charge in [-0.25, -0.2) is 4.98 Å². The lowest BCUT2D eigenvalue weighted by Gasteiger charge is -2.26. The third kappa shape index (κ3) is 4.41. The van der Waals surface area contributed by atoms with E-state index in [0.29, 0.717) is 17.5 Å². The van der Waals surface area contributed by atoms with Gasteiger partial charge < -0.3 is 4.90 Å². The number of nitrogens with zero attached hydrogens (tertiary/aromatic N) is 2. The van der Waals surface area contributed by atoms with Crippen LogP contribution in [-0.2, 0) is 0 Å². The summed E-state index contributed by atoms with van der Waals surface area (Å²) in [4.78, 5) is 18.5. The molecule has 0 aliphatic rings. The molecule has 0 saturated carbocycles. The average molecular weight is 313 g/mol. The van der Waals surface area contributed by atoms with E-state index in [1.54, 1.807) is 6.20 Å². The summed E-state index contributed by atoms with van der Waals surface area (Å²) in [6.45, 7) is 10.0. The van der Waals surface area contributed by atoms with Crippen molar-refractivity contribution in [2.75, 3.05) is 13.1 Å². The van der Waals surface area contributed by atoms with Crippen molar-refractivity contribution in [1.29, 1.82) is 0 Å². The first-order valence-corrected chi connectivity index (χ1v) is 7.11. The zero-order valence-electron chi connectivity index (χ0n) is 11.5. The van der Waals surface area contributed by atoms with Crippen LogP contribution in [0.25, 0.3) is 0 Å². The van der Waals surface area contributed by atoms with Gasteiger partial charge in [0, 0.05) is 23.8 Å². The SMILES string of the molecule is CC(C)CN(CC(C)C)C(=O)c1ncccc1Br. The van der Waals surface area contributed by atoms with Crippen LogP contribution in [0.5, 0.6) is 0 Å². The minimum Gasteiger partial charge on any atom is -0.337 e. The van der Waals surface area contributed by atoms with Crippen LogP contribution in [-0.4, -0.2) is 28.9 Å². The summed E-state index contributed by atoms with van der Waals surface area (Å²) < 4.78 is 0.757. The molecule has 0 unspecified atom stereocenters. The van der Waals surface area contributed by atoms with Gasteiger partial charge in [-0.3, -0.25) is 4.79 Å². The molecule has 4 heteroatoms. The Labute approximate surface area is 118 Å². The van der Waals surface area contributed by atoms with Crippen LogP contribution >= 0.6 is 15.9 Å². The maximum Gasteiger partial charge on any atom is 0.273 e. The molecule has 0 aliphatic carbocycles. The fourth-order valence-electron chi connectivity index (χ4n) is 1.81. The highest BCUT2D eigenvalue weighted by atomic mass is 79.9. The van der Waals surface area contributed by atoms with E-state index in [0.717, 1.165) is 17.6 Å². The number of carbonyl (C=O) groups is 1. The topological polar surface area (TPSA) is 33.2 Å². The second kappa shape index (κ2) is 6.88. The van der Waals surface area contributed by atoms with Crippen LogP contribution in [0.4, 0.5) is 0 Å². The largest absolute Gasteiger partial charge is 0.337 e. The Morgan fingerprint density at radius 1 is 1.28 bits per heavy atom. The van der Waals surface area contributed by atoms with E-state index in [1.807, 2.05) is 17.0 Å². The van der Waals surface area contributed by atoms with Crippen molar-refractivity contribution in [3.63, 3.8) is 0 Å². The first-order chi connectivity index (χ1) is 8.41. The molecular formula is C14H21BrN2O. The number of pyridine rings is 1. The molecule has 0 fully saturated rings. The minimum absolute atomic E-state index is 0.00451. The van der Waals surface area contributed by atoms with Gasteiger partial charge in [0.2, 0.25) is 0 Å². The highest BCUT2D eigenvalue weighted by molar-refractivity contribution is 9.10. The van der Waals surface area contributed by atoms with Crippen molar-refractivity contribution in [3.8, 4) is 0 Å². The Balaban J connectivity index is 2.91. The van der Waals surface area contributed by atoms with Gasteiger partial charge in [-0.1, -0.05) is 27.7 Å². The Bertz CT molecular complexity index is 395. The maximum atomic E-state index is 12.5. The van der Waals surface area contributed by atoms with Crippen LogP contribution < -0.4 is 0 Å². The van der Waals surface area contributed by atoms with Gasteiger partial charge in [0.25, 0.3) is 5.91 Å². The molecule has 0 aromatic carbocycles. The first kappa shape index (κ1) is 15.2. The third-order valence-corrected chi connectivity index (χ3v) is 3.06. The molecule has 0 aliphatic heterocycles. The molecule has 100 valence electrons. The van der Waals surface area contributed by atoms with Crippen LogP contribution in [0.2, 0.25) is 0 Å². The molecule has 1 heterocycles. The van der Waals surface area contributed by atoms with E-state index in [-0.39, 0.29) is 5.91 Å². The van der Waals surface area contributed by atoms with Crippen molar-refractivity contribution in [2.24, 2.45) is 11.8 Å². The molecule has 1 aromatic heterocycles. The number of hydrogen-bond acceptors (Lipinski definition) is 2. The summed E-state index contributed by atoms with van der Waals surface area (Å²) >= 11 is 3.39. The zero-order chi connectivity index (χ0) is 13.7. The van der Waals surface area contributed by atoms with E-state index in [9.17, 15) is 4.79 Å². The third-order valence-electron chi connectivity index (χ3n) is 2.42. The highest BCUT2D eigenvalue weighted by Gasteiger charge is 2.20. The van der Waals surface area contributed by atoms with Crippen LogP contribution in [0, 0.1) is 11.8 Å². The minimum atomic E-state index is 0.00451. The summed E-state index contributed by atoms with van der Waals surface area (Å²) in [5.41, 5.74) is 0.499. The number of carbonyl (C=O) groups excluding carboxylic acids is 1. The van der Waals surface area contributed by atoms with Crippen molar-refractivity contribution < 1.29 is 4.79 Å². The van der Waals surface area contributed by atoms with Gasteiger partial charge >= 0.3 is 0 Å². The average Bonchev–Trinajstić information content (AvgIpc) is 2.26. The fraction of sp³-hybridized carbons (Fsp3) is 0.571. The Morgan fingerprint density at radius 3 is 2.28 bits per heavy atom. The molecular weight excluding hydrogens is 292 g/mol. The monoisotopic (exact) mass is 312 g/mol. The Kier molecular flexibility index (Phi) is 5.79. The quantitative estimate of drug-likeness (QED) is 0.832. The molecule has 0 N–H and O–H groups in total. The highest BCUT2D eigenvalue weighted by Crippen LogP contribution is 2.17. The predicted molar refractivity (Wildman–Crippen MR) is 77.5 cm³/mol. The molecule has 1 aromatic rings. The first-order valence-electron chi connectivity index (χ1n) is 6.31. The lowest BCUT2D eigenvalue weighted by atomic mass is 10.1. The Hall–Kier alpha value is -0.900. The normalized spacial score (nSPS) is 11.1. The molecule has 18 heavy (non-hydrogen) atoms. The van der Waals surface area contributed by atoms with Gasteiger partial charge in [0.15, 0.2) is 0 Å². The van der Waals surface area contributed by atoms with Crippen molar-refractivity contribution >= 4 is 21.8 Å². The lowest BCUT2D eigenvalue weighted by molar-refractivity contribution is 0.0708. The molecule has 0 radical (unpaired) electrons. The number of halogens is 1. The van der Waals surface area contributed by atoms with Crippen LogP contribution in [0.15, 0.2) is 22.8 Å². The molecule has 0 bridgehead atoms. The summed E-state index contributed by atoms with van der Waals surface area (Å²) in [5.74, 6) is 0.912. The molecule has 3 nitrogen and oxygen atoms in total. The van der Waals surface area contributed by atoms with Crippen molar-refractivity contribution in [1.82, 2.24) is 9.88 Å². The molecule has 0 saturated heterocycles. The van der Waals surface area contributed by atoms with Gasteiger partial charge in [-0.05, 0) is 39.9 Å². The van der Waals surface area contributed by atoms with Crippen LogP contribution in [0.1, 0.15) is 38.2 Å².